The van der Waals surface area contributed by atoms with Crippen LogP contribution in [0.25, 0.3) is 38.6 Å². The Hall–Kier alpha value is -5.74. The van der Waals surface area contributed by atoms with Crippen LogP contribution >= 0.6 is 0 Å². The van der Waals surface area contributed by atoms with Gasteiger partial charge in [-0.15, -0.1) is 0 Å². The van der Waals surface area contributed by atoms with Gasteiger partial charge in [-0.25, -0.2) is 9.98 Å². The first-order valence-corrected chi connectivity index (χ1v) is 15.9. The monoisotopic (exact) mass is 592 g/mol. The summed E-state index contributed by atoms with van der Waals surface area (Å²) >= 11 is 0. The summed E-state index contributed by atoms with van der Waals surface area (Å²) in [6.45, 7) is 4.64. The van der Waals surface area contributed by atoms with E-state index < -0.39 is 0 Å². The molecule has 46 heavy (non-hydrogen) atoms. The van der Waals surface area contributed by atoms with Gasteiger partial charge in [0.1, 0.15) is 11.7 Å². The predicted molar refractivity (Wildman–Crippen MR) is 190 cm³/mol. The zero-order chi connectivity index (χ0) is 30.8. The fourth-order valence-corrected chi connectivity index (χ4v) is 7.43. The number of amidine groups is 2. The Bertz CT molecular complexity index is 2360. The highest BCUT2D eigenvalue weighted by Crippen LogP contribution is 2.50. The van der Waals surface area contributed by atoms with Crippen LogP contribution in [0.15, 0.2) is 156 Å². The van der Waals surface area contributed by atoms with Crippen molar-refractivity contribution in [2.75, 3.05) is 0 Å². The Morgan fingerprint density at radius 1 is 0.565 bits per heavy atom. The SMILES string of the molecule is CC1(C)c2ccccc2-c2c(C3=NC(c4ccccc4)N=C(c4ccc5c6ccccc6n(-c6ccccc6)c5c4)N3)cccc21. The van der Waals surface area contributed by atoms with Crippen molar-refractivity contribution in [3.63, 3.8) is 0 Å². The van der Waals surface area contributed by atoms with Crippen LogP contribution in [-0.2, 0) is 5.41 Å². The molecule has 1 unspecified atom stereocenters. The van der Waals surface area contributed by atoms with E-state index in [4.69, 9.17) is 9.98 Å². The Morgan fingerprint density at radius 3 is 2.07 bits per heavy atom. The summed E-state index contributed by atoms with van der Waals surface area (Å²) in [5.41, 5.74) is 11.8. The van der Waals surface area contributed by atoms with Gasteiger partial charge in [-0.1, -0.05) is 135 Å². The van der Waals surface area contributed by atoms with Crippen LogP contribution in [0.5, 0.6) is 0 Å². The topological polar surface area (TPSA) is 41.7 Å². The number of nitrogens with one attached hydrogen (secondary N) is 1. The fraction of sp³-hybridized carbons (Fsp3) is 0.0952. The van der Waals surface area contributed by atoms with E-state index in [0.717, 1.165) is 39.6 Å². The van der Waals surface area contributed by atoms with Gasteiger partial charge in [0, 0.05) is 33.0 Å². The van der Waals surface area contributed by atoms with Crippen molar-refractivity contribution in [3.8, 4) is 16.8 Å². The van der Waals surface area contributed by atoms with Crippen LogP contribution in [0.4, 0.5) is 0 Å². The first-order chi connectivity index (χ1) is 22.6. The molecule has 0 bridgehead atoms. The Balaban J connectivity index is 1.23. The number of fused-ring (bicyclic) bond motifs is 6. The second-order valence-electron chi connectivity index (χ2n) is 12.7. The lowest BCUT2D eigenvalue weighted by atomic mass is 9.82. The molecule has 1 aliphatic carbocycles. The number of para-hydroxylation sites is 2. The minimum absolute atomic E-state index is 0.0944. The van der Waals surface area contributed by atoms with Crippen molar-refractivity contribution in [3.05, 3.63) is 173 Å². The molecule has 0 fully saturated rings. The maximum Gasteiger partial charge on any atom is 0.169 e. The Labute approximate surface area is 268 Å². The van der Waals surface area contributed by atoms with Crippen LogP contribution < -0.4 is 5.32 Å². The first-order valence-electron chi connectivity index (χ1n) is 15.9. The van der Waals surface area contributed by atoms with E-state index in [0.29, 0.717) is 0 Å². The molecule has 1 atom stereocenters. The molecule has 7 aromatic rings. The molecule has 0 saturated heterocycles. The normalized spacial score (nSPS) is 16.4. The van der Waals surface area contributed by atoms with Gasteiger partial charge >= 0.3 is 0 Å². The summed E-state index contributed by atoms with van der Waals surface area (Å²) in [4.78, 5) is 10.5. The van der Waals surface area contributed by atoms with E-state index in [-0.39, 0.29) is 11.6 Å². The lowest BCUT2D eigenvalue weighted by Gasteiger charge is -2.25. The van der Waals surface area contributed by atoms with E-state index in [2.05, 4.69) is 163 Å². The van der Waals surface area contributed by atoms with Crippen molar-refractivity contribution < 1.29 is 0 Å². The second-order valence-corrected chi connectivity index (χ2v) is 12.7. The van der Waals surface area contributed by atoms with Gasteiger partial charge in [-0.05, 0) is 52.1 Å². The quantitative estimate of drug-likeness (QED) is 0.217. The molecule has 0 amide bonds. The third-order valence-corrected chi connectivity index (χ3v) is 9.66. The highest BCUT2D eigenvalue weighted by atomic mass is 15.2. The summed E-state index contributed by atoms with van der Waals surface area (Å²) < 4.78 is 2.35. The molecule has 1 aliphatic heterocycles. The second kappa shape index (κ2) is 10.1. The van der Waals surface area contributed by atoms with E-state index in [1.807, 2.05) is 6.07 Å². The molecule has 1 aromatic heterocycles. The average molecular weight is 593 g/mol. The molecule has 9 rings (SSSR count). The zero-order valence-corrected chi connectivity index (χ0v) is 25.8. The maximum absolute atomic E-state index is 5.27. The van der Waals surface area contributed by atoms with Crippen LogP contribution in [0, 0.1) is 0 Å². The van der Waals surface area contributed by atoms with Crippen molar-refractivity contribution in [1.29, 1.82) is 0 Å². The molecule has 2 aliphatic rings. The molecule has 0 radical (unpaired) electrons. The summed E-state index contributed by atoms with van der Waals surface area (Å²) in [6.07, 6.45) is -0.372. The Morgan fingerprint density at radius 2 is 1.22 bits per heavy atom. The number of aliphatic imine (C=N–C) groups is 2. The zero-order valence-electron chi connectivity index (χ0n) is 25.8. The number of aromatic nitrogens is 1. The van der Waals surface area contributed by atoms with Gasteiger partial charge in [-0.3, -0.25) is 0 Å². The molecule has 2 heterocycles. The number of nitrogens with zero attached hydrogens (tertiary/aromatic N) is 3. The molecule has 6 aromatic carbocycles. The van der Waals surface area contributed by atoms with Crippen molar-refractivity contribution in [2.45, 2.75) is 25.4 Å². The Kier molecular flexibility index (Phi) is 5.88. The summed E-state index contributed by atoms with van der Waals surface area (Å²) in [5.74, 6) is 1.65. The predicted octanol–water partition coefficient (Wildman–Crippen LogP) is 9.59. The van der Waals surface area contributed by atoms with Gasteiger partial charge < -0.3 is 9.88 Å². The van der Waals surface area contributed by atoms with Crippen molar-refractivity contribution in [1.82, 2.24) is 9.88 Å². The summed E-state index contributed by atoms with van der Waals surface area (Å²) in [6, 6.07) is 51.7. The van der Waals surface area contributed by atoms with Gasteiger partial charge in [-0.2, -0.15) is 0 Å². The van der Waals surface area contributed by atoms with Gasteiger partial charge in [0.25, 0.3) is 0 Å². The van der Waals surface area contributed by atoms with Crippen molar-refractivity contribution in [2.24, 2.45) is 9.98 Å². The van der Waals surface area contributed by atoms with Gasteiger partial charge in [0.2, 0.25) is 0 Å². The van der Waals surface area contributed by atoms with Crippen LogP contribution in [-0.4, -0.2) is 16.2 Å². The van der Waals surface area contributed by atoms with Gasteiger partial charge in [0.05, 0.1) is 11.0 Å². The van der Waals surface area contributed by atoms with Crippen LogP contribution in [0.3, 0.4) is 0 Å². The molecule has 4 heteroatoms. The van der Waals surface area contributed by atoms with Crippen LogP contribution in [0.1, 0.15) is 47.8 Å². The summed E-state index contributed by atoms with van der Waals surface area (Å²) in [5, 5.41) is 6.17. The fourth-order valence-electron chi connectivity index (χ4n) is 7.43. The molecule has 1 N–H and O–H groups in total. The van der Waals surface area contributed by atoms with Crippen molar-refractivity contribution >= 4 is 33.5 Å². The third-order valence-electron chi connectivity index (χ3n) is 9.66. The molecular formula is C42H32N4. The van der Waals surface area contributed by atoms with E-state index in [1.54, 1.807) is 0 Å². The van der Waals surface area contributed by atoms with Gasteiger partial charge in [0.15, 0.2) is 6.17 Å². The smallest absolute Gasteiger partial charge is 0.169 e. The largest absolute Gasteiger partial charge is 0.324 e. The standard InChI is InChI=1S/C42H32N4/c1-42(2)34-21-11-9-19-32(34)38-33(20-13-22-35(38)42)41-44-39(27-14-5-3-6-15-27)43-40(45-41)28-24-25-31-30-18-10-12-23-36(30)46(37(31)26-28)29-16-7-4-8-17-29/h3-26,39H,1-2H3,(H,43,44,45). The molecular weight excluding hydrogens is 560 g/mol. The number of hydrogen-bond donors (Lipinski definition) is 1. The van der Waals surface area contributed by atoms with E-state index in [9.17, 15) is 0 Å². The summed E-state index contributed by atoms with van der Waals surface area (Å²) in [7, 11) is 0. The first kappa shape index (κ1) is 26.6. The number of hydrogen-bond acceptors (Lipinski definition) is 3. The maximum atomic E-state index is 5.27. The third kappa shape index (κ3) is 4.00. The minimum atomic E-state index is -0.372. The minimum Gasteiger partial charge on any atom is -0.324 e. The average Bonchev–Trinajstić information content (AvgIpc) is 3.57. The lowest BCUT2D eigenvalue weighted by molar-refractivity contribution is 0.660. The van der Waals surface area contributed by atoms with Crippen LogP contribution in [0.2, 0.25) is 0 Å². The highest BCUT2D eigenvalue weighted by Gasteiger charge is 2.37. The number of benzene rings is 6. The van der Waals surface area contributed by atoms with E-state index in [1.165, 1.54) is 38.5 Å². The highest BCUT2D eigenvalue weighted by molar-refractivity contribution is 6.20. The van der Waals surface area contributed by atoms with E-state index >= 15 is 0 Å². The molecule has 0 spiro atoms. The lowest BCUT2D eigenvalue weighted by Crippen LogP contribution is -2.36. The number of rotatable bonds is 4. The molecule has 4 nitrogen and oxygen atoms in total. The molecule has 220 valence electrons. The molecule has 0 saturated carbocycles.